The number of carbonyl (C=O) groups excluding carboxylic acids is 1. The number of amides is 2. The van der Waals surface area contributed by atoms with Crippen molar-refractivity contribution in [3.05, 3.63) is 0 Å². The minimum atomic E-state index is -0.777. The molecule has 2 aliphatic heterocycles. The lowest BCUT2D eigenvalue weighted by Crippen LogP contribution is -2.47. The van der Waals surface area contributed by atoms with E-state index in [4.69, 9.17) is 5.11 Å². The average Bonchev–Trinajstić information content (AvgIpc) is 2.85. The van der Waals surface area contributed by atoms with E-state index in [0.29, 0.717) is 25.7 Å². The van der Waals surface area contributed by atoms with E-state index in [1.165, 1.54) is 12.8 Å². The van der Waals surface area contributed by atoms with Crippen molar-refractivity contribution in [2.75, 3.05) is 33.2 Å². The van der Waals surface area contributed by atoms with Gasteiger partial charge in [-0.15, -0.1) is 0 Å². The van der Waals surface area contributed by atoms with Crippen LogP contribution in [0.1, 0.15) is 32.1 Å². The summed E-state index contributed by atoms with van der Waals surface area (Å²) in [5, 5.41) is 11.8. The zero-order valence-electron chi connectivity index (χ0n) is 12.2. The normalized spacial score (nSPS) is 27.6. The molecule has 2 rings (SSSR count). The number of carbonyl (C=O) groups is 2. The molecule has 0 aromatic carbocycles. The van der Waals surface area contributed by atoms with Gasteiger partial charge >= 0.3 is 12.0 Å². The second-order valence-corrected chi connectivity index (χ2v) is 6.01. The van der Waals surface area contributed by atoms with E-state index < -0.39 is 5.97 Å². The highest BCUT2D eigenvalue weighted by Crippen LogP contribution is 2.19. The van der Waals surface area contributed by atoms with E-state index in [9.17, 15) is 9.59 Å². The Balaban J connectivity index is 1.71. The summed E-state index contributed by atoms with van der Waals surface area (Å²) in [6.07, 6.45) is 4.57. The summed E-state index contributed by atoms with van der Waals surface area (Å²) in [6.45, 7) is 3.03. The lowest BCUT2D eigenvalue weighted by atomic mass is 10.0. The third-order valence-corrected chi connectivity index (χ3v) is 4.45. The van der Waals surface area contributed by atoms with Gasteiger partial charge in [-0.3, -0.25) is 4.79 Å². The van der Waals surface area contributed by atoms with E-state index in [1.54, 1.807) is 4.90 Å². The number of aliphatic carboxylic acids is 1. The number of nitrogens with zero attached hydrogens (tertiary/aromatic N) is 2. The molecule has 0 saturated carbocycles. The van der Waals surface area contributed by atoms with E-state index in [2.05, 4.69) is 17.3 Å². The minimum absolute atomic E-state index is 0.0446. The Labute approximate surface area is 120 Å². The Kier molecular flexibility index (Phi) is 5.23. The van der Waals surface area contributed by atoms with Crippen LogP contribution in [0.5, 0.6) is 0 Å². The Bertz CT molecular complexity index is 362. The molecule has 0 aliphatic carbocycles. The summed E-state index contributed by atoms with van der Waals surface area (Å²) in [6, 6.07) is 0.391. The molecule has 2 N–H and O–H groups in total. The molecular formula is C14H25N3O3. The first-order valence-electron chi connectivity index (χ1n) is 7.51. The van der Waals surface area contributed by atoms with Crippen LogP contribution < -0.4 is 5.32 Å². The third kappa shape index (κ3) is 4.10. The second kappa shape index (κ2) is 6.92. The van der Waals surface area contributed by atoms with Crippen molar-refractivity contribution in [2.24, 2.45) is 5.92 Å². The zero-order chi connectivity index (χ0) is 14.5. The number of nitrogens with one attached hydrogen (secondary N) is 1. The first-order chi connectivity index (χ1) is 9.56. The van der Waals surface area contributed by atoms with E-state index in [0.717, 1.165) is 19.4 Å². The van der Waals surface area contributed by atoms with Gasteiger partial charge in [0.05, 0.1) is 0 Å². The molecule has 2 fully saturated rings. The van der Waals surface area contributed by atoms with E-state index in [-0.39, 0.29) is 18.4 Å². The van der Waals surface area contributed by atoms with Gasteiger partial charge in [0.1, 0.15) is 0 Å². The molecule has 0 aromatic rings. The van der Waals surface area contributed by atoms with Crippen LogP contribution in [0.4, 0.5) is 4.79 Å². The summed E-state index contributed by atoms with van der Waals surface area (Å²) in [7, 11) is 2.11. The van der Waals surface area contributed by atoms with Crippen molar-refractivity contribution >= 4 is 12.0 Å². The maximum Gasteiger partial charge on any atom is 0.317 e. The van der Waals surface area contributed by atoms with Gasteiger partial charge in [0.15, 0.2) is 0 Å². The van der Waals surface area contributed by atoms with Gasteiger partial charge < -0.3 is 20.2 Å². The molecule has 6 nitrogen and oxygen atoms in total. The molecule has 114 valence electrons. The van der Waals surface area contributed by atoms with Crippen molar-refractivity contribution in [1.29, 1.82) is 0 Å². The van der Waals surface area contributed by atoms with Crippen LogP contribution >= 0.6 is 0 Å². The van der Waals surface area contributed by atoms with Crippen LogP contribution in [-0.4, -0.2) is 66.2 Å². The van der Waals surface area contributed by atoms with Crippen molar-refractivity contribution in [3.8, 4) is 0 Å². The lowest BCUT2D eigenvalue weighted by Gasteiger charge is -2.33. The average molecular weight is 283 g/mol. The van der Waals surface area contributed by atoms with Gasteiger partial charge in [0, 0.05) is 32.1 Å². The number of urea groups is 1. The van der Waals surface area contributed by atoms with Gasteiger partial charge in [-0.05, 0) is 38.8 Å². The Morgan fingerprint density at radius 3 is 2.75 bits per heavy atom. The van der Waals surface area contributed by atoms with Gasteiger partial charge in [0.2, 0.25) is 0 Å². The Hall–Kier alpha value is -1.30. The summed E-state index contributed by atoms with van der Waals surface area (Å²) in [4.78, 5) is 26.8. The highest BCUT2D eigenvalue weighted by Gasteiger charge is 2.28. The van der Waals surface area contributed by atoms with Gasteiger partial charge in [-0.2, -0.15) is 0 Å². The van der Waals surface area contributed by atoms with E-state index in [1.807, 2.05) is 0 Å². The fourth-order valence-corrected chi connectivity index (χ4v) is 3.15. The summed E-state index contributed by atoms with van der Waals surface area (Å²) < 4.78 is 0. The van der Waals surface area contributed by atoms with Crippen LogP contribution in [0.3, 0.4) is 0 Å². The number of piperidine rings is 1. The SMILES string of the molecule is CN1CCCCC1CNC(=O)N1CCC(CC(=O)O)C1. The number of likely N-dealkylation sites (N-methyl/N-ethyl adjacent to an activating group) is 1. The van der Waals surface area contributed by atoms with Crippen LogP contribution in [0, 0.1) is 5.92 Å². The fourth-order valence-electron chi connectivity index (χ4n) is 3.15. The van der Waals surface area contributed by atoms with Crippen molar-refractivity contribution in [1.82, 2.24) is 15.1 Å². The molecule has 0 spiro atoms. The summed E-state index contributed by atoms with van der Waals surface area (Å²) >= 11 is 0. The minimum Gasteiger partial charge on any atom is -0.481 e. The molecule has 0 aromatic heterocycles. The standard InChI is InChI=1S/C14H25N3O3/c1-16-6-3-2-4-12(16)9-15-14(20)17-7-5-11(10-17)8-13(18)19/h11-12H,2-10H2,1H3,(H,15,20)(H,18,19). The first-order valence-corrected chi connectivity index (χ1v) is 7.51. The van der Waals surface area contributed by atoms with Gasteiger partial charge in [0.25, 0.3) is 0 Å². The molecule has 2 saturated heterocycles. The molecule has 2 amide bonds. The number of carboxylic acids is 1. The molecule has 6 heteroatoms. The predicted molar refractivity (Wildman–Crippen MR) is 75.6 cm³/mol. The van der Waals surface area contributed by atoms with Crippen LogP contribution in [0.15, 0.2) is 0 Å². The molecule has 2 unspecified atom stereocenters. The predicted octanol–water partition coefficient (Wildman–Crippen LogP) is 0.977. The number of rotatable bonds is 4. The van der Waals surface area contributed by atoms with Crippen molar-refractivity contribution in [3.63, 3.8) is 0 Å². The summed E-state index contributed by atoms with van der Waals surface area (Å²) in [5.74, 6) is -0.670. The molecule has 20 heavy (non-hydrogen) atoms. The highest BCUT2D eigenvalue weighted by molar-refractivity contribution is 5.74. The second-order valence-electron chi connectivity index (χ2n) is 6.01. The van der Waals surface area contributed by atoms with Gasteiger partial charge in [-0.1, -0.05) is 6.42 Å². The maximum atomic E-state index is 12.1. The fraction of sp³-hybridized carbons (Fsp3) is 0.857. The topological polar surface area (TPSA) is 72.9 Å². The highest BCUT2D eigenvalue weighted by atomic mass is 16.4. The van der Waals surface area contributed by atoms with Gasteiger partial charge in [-0.25, -0.2) is 4.79 Å². The molecule has 0 radical (unpaired) electrons. The molecule has 2 atom stereocenters. The number of likely N-dealkylation sites (tertiary alicyclic amines) is 2. The molecular weight excluding hydrogens is 258 g/mol. The Morgan fingerprint density at radius 1 is 1.25 bits per heavy atom. The van der Waals surface area contributed by atoms with Crippen molar-refractivity contribution < 1.29 is 14.7 Å². The molecule has 2 aliphatic rings. The molecule has 0 bridgehead atoms. The van der Waals surface area contributed by atoms with E-state index >= 15 is 0 Å². The number of hydrogen-bond acceptors (Lipinski definition) is 3. The largest absolute Gasteiger partial charge is 0.481 e. The monoisotopic (exact) mass is 283 g/mol. The number of hydrogen-bond donors (Lipinski definition) is 2. The maximum absolute atomic E-state index is 12.1. The smallest absolute Gasteiger partial charge is 0.317 e. The van der Waals surface area contributed by atoms with Crippen molar-refractivity contribution in [2.45, 2.75) is 38.1 Å². The molecule has 2 heterocycles. The zero-order valence-corrected chi connectivity index (χ0v) is 12.2. The summed E-state index contributed by atoms with van der Waals surface area (Å²) in [5.41, 5.74) is 0. The van der Waals surface area contributed by atoms with Crippen LogP contribution in [0.25, 0.3) is 0 Å². The van der Waals surface area contributed by atoms with Crippen LogP contribution in [-0.2, 0) is 4.79 Å². The van der Waals surface area contributed by atoms with Crippen LogP contribution in [0.2, 0.25) is 0 Å². The number of carboxylic acid groups (broad SMARTS) is 1. The Morgan fingerprint density at radius 2 is 2.05 bits per heavy atom. The third-order valence-electron chi connectivity index (χ3n) is 4.45. The lowest BCUT2D eigenvalue weighted by molar-refractivity contribution is -0.138. The quantitative estimate of drug-likeness (QED) is 0.806. The first kappa shape index (κ1) is 15.1.